The standard InChI is InChI=1S/C16H26FNO/c1-12(10-14-6-8-15(17)9-7-14)18-13(2)11-16(3,4)19-5/h6-9,12-13,18H,10-11H2,1-5H3. The summed E-state index contributed by atoms with van der Waals surface area (Å²) in [5, 5.41) is 3.56. The Hall–Kier alpha value is -0.930. The number of benzene rings is 1. The zero-order valence-corrected chi connectivity index (χ0v) is 12.7. The Morgan fingerprint density at radius 3 is 2.26 bits per heavy atom. The van der Waals surface area contributed by atoms with E-state index in [1.165, 1.54) is 12.1 Å². The van der Waals surface area contributed by atoms with Gasteiger partial charge in [0.15, 0.2) is 0 Å². The topological polar surface area (TPSA) is 21.3 Å². The van der Waals surface area contributed by atoms with Gasteiger partial charge >= 0.3 is 0 Å². The van der Waals surface area contributed by atoms with Gasteiger partial charge in [-0.05, 0) is 58.2 Å². The van der Waals surface area contributed by atoms with Gasteiger partial charge in [-0.15, -0.1) is 0 Å². The monoisotopic (exact) mass is 267 g/mol. The first-order valence-corrected chi connectivity index (χ1v) is 6.88. The number of hydrogen-bond acceptors (Lipinski definition) is 2. The van der Waals surface area contributed by atoms with Gasteiger partial charge in [-0.25, -0.2) is 4.39 Å². The average Bonchev–Trinajstić information content (AvgIpc) is 2.31. The third kappa shape index (κ3) is 6.17. The SMILES string of the molecule is COC(C)(C)CC(C)NC(C)Cc1ccc(F)cc1. The van der Waals surface area contributed by atoms with Gasteiger partial charge in [0.25, 0.3) is 0 Å². The number of ether oxygens (including phenoxy) is 1. The molecule has 0 aliphatic rings. The molecule has 0 saturated heterocycles. The van der Waals surface area contributed by atoms with Crippen LogP contribution in [-0.4, -0.2) is 24.8 Å². The van der Waals surface area contributed by atoms with E-state index in [9.17, 15) is 4.39 Å². The van der Waals surface area contributed by atoms with E-state index in [4.69, 9.17) is 4.74 Å². The largest absolute Gasteiger partial charge is 0.379 e. The molecule has 19 heavy (non-hydrogen) atoms. The van der Waals surface area contributed by atoms with Crippen LogP contribution in [0.2, 0.25) is 0 Å². The zero-order chi connectivity index (χ0) is 14.5. The Labute approximate surface area is 116 Å². The number of halogens is 1. The van der Waals surface area contributed by atoms with Crippen LogP contribution >= 0.6 is 0 Å². The number of nitrogens with one attached hydrogen (secondary N) is 1. The molecule has 108 valence electrons. The molecular formula is C16H26FNO. The van der Waals surface area contributed by atoms with E-state index in [0.29, 0.717) is 12.1 Å². The molecule has 0 amide bonds. The predicted octanol–water partition coefficient (Wildman–Crippen LogP) is 3.55. The zero-order valence-electron chi connectivity index (χ0n) is 12.7. The molecule has 0 heterocycles. The molecule has 3 heteroatoms. The maximum atomic E-state index is 12.8. The number of hydrogen-bond donors (Lipinski definition) is 1. The van der Waals surface area contributed by atoms with Crippen molar-refractivity contribution in [1.29, 1.82) is 0 Å². The van der Waals surface area contributed by atoms with Crippen molar-refractivity contribution in [2.45, 2.75) is 58.2 Å². The van der Waals surface area contributed by atoms with Crippen LogP contribution in [0.3, 0.4) is 0 Å². The van der Waals surface area contributed by atoms with Gasteiger partial charge in [0, 0.05) is 19.2 Å². The second-order valence-electron chi connectivity index (χ2n) is 5.97. The molecule has 0 saturated carbocycles. The lowest BCUT2D eigenvalue weighted by atomic mass is 9.98. The van der Waals surface area contributed by atoms with Crippen LogP contribution in [0.15, 0.2) is 24.3 Å². The lowest BCUT2D eigenvalue weighted by Crippen LogP contribution is -2.40. The minimum Gasteiger partial charge on any atom is -0.379 e. The maximum absolute atomic E-state index is 12.8. The van der Waals surface area contributed by atoms with Crippen molar-refractivity contribution >= 4 is 0 Å². The second kappa shape index (κ2) is 7.01. The minimum absolute atomic E-state index is 0.109. The number of methoxy groups -OCH3 is 1. The number of rotatable bonds is 7. The summed E-state index contributed by atoms with van der Waals surface area (Å²) < 4.78 is 18.3. The fourth-order valence-electron chi connectivity index (χ4n) is 2.40. The molecule has 0 aliphatic carbocycles. The average molecular weight is 267 g/mol. The highest BCUT2D eigenvalue weighted by Gasteiger charge is 2.20. The van der Waals surface area contributed by atoms with Gasteiger partial charge in [-0.1, -0.05) is 12.1 Å². The van der Waals surface area contributed by atoms with Crippen LogP contribution in [-0.2, 0) is 11.2 Å². The molecule has 1 rings (SSSR count). The van der Waals surface area contributed by atoms with Crippen molar-refractivity contribution in [3.8, 4) is 0 Å². The molecule has 0 aliphatic heterocycles. The molecule has 0 aromatic heterocycles. The van der Waals surface area contributed by atoms with E-state index >= 15 is 0 Å². The minimum atomic E-state index is -0.181. The highest BCUT2D eigenvalue weighted by atomic mass is 19.1. The van der Waals surface area contributed by atoms with E-state index in [2.05, 4.69) is 33.0 Å². The second-order valence-corrected chi connectivity index (χ2v) is 5.97. The van der Waals surface area contributed by atoms with E-state index < -0.39 is 0 Å². The summed E-state index contributed by atoms with van der Waals surface area (Å²) in [5.41, 5.74) is 1.04. The lowest BCUT2D eigenvalue weighted by Gasteiger charge is -2.29. The molecule has 2 atom stereocenters. The predicted molar refractivity (Wildman–Crippen MR) is 77.9 cm³/mol. The summed E-state index contributed by atoms with van der Waals surface area (Å²) in [6, 6.07) is 7.45. The summed E-state index contributed by atoms with van der Waals surface area (Å²) in [7, 11) is 1.74. The Bertz CT molecular complexity index is 375. The molecule has 0 bridgehead atoms. The van der Waals surface area contributed by atoms with Crippen LogP contribution in [0, 0.1) is 5.82 Å². The first kappa shape index (κ1) is 16.1. The van der Waals surface area contributed by atoms with Crippen LogP contribution in [0.25, 0.3) is 0 Å². The maximum Gasteiger partial charge on any atom is 0.123 e. The summed E-state index contributed by atoms with van der Waals surface area (Å²) in [6.07, 6.45) is 1.86. The van der Waals surface area contributed by atoms with Crippen LogP contribution < -0.4 is 5.32 Å². The molecule has 1 N–H and O–H groups in total. The van der Waals surface area contributed by atoms with Crippen molar-refractivity contribution in [1.82, 2.24) is 5.32 Å². The Morgan fingerprint density at radius 2 is 1.74 bits per heavy atom. The molecule has 2 unspecified atom stereocenters. The van der Waals surface area contributed by atoms with Gasteiger partial charge in [0.2, 0.25) is 0 Å². The van der Waals surface area contributed by atoms with Crippen LogP contribution in [0.4, 0.5) is 4.39 Å². The first-order chi connectivity index (χ1) is 8.82. The summed E-state index contributed by atoms with van der Waals surface area (Å²) in [5.74, 6) is -0.181. The quantitative estimate of drug-likeness (QED) is 0.815. The van der Waals surface area contributed by atoms with Gasteiger partial charge in [-0.3, -0.25) is 0 Å². The van der Waals surface area contributed by atoms with Gasteiger partial charge < -0.3 is 10.1 Å². The summed E-state index contributed by atoms with van der Waals surface area (Å²) in [4.78, 5) is 0. The smallest absolute Gasteiger partial charge is 0.123 e. The molecule has 0 spiro atoms. The highest BCUT2D eigenvalue weighted by Crippen LogP contribution is 2.16. The normalized spacial score (nSPS) is 15.3. The van der Waals surface area contributed by atoms with Crippen LogP contribution in [0.5, 0.6) is 0 Å². The Balaban J connectivity index is 2.42. The van der Waals surface area contributed by atoms with Crippen molar-refractivity contribution in [3.63, 3.8) is 0 Å². The van der Waals surface area contributed by atoms with Crippen LogP contribution in [0.1, 0.15) is 39.7 Å². The van der Waals surface area contributed by atoms with Gasteiger partial charge in [-0.2, -0.15) is 0 Å². The molecule has 0 radical (unpaired) electrons. The Morgan fingerprint density at radius 1 is 1.16 bits per heavy atom. The Kier molecular flexibility index (Phi) is 5.95. The first-order valence-electron chi connectivity index (χ1n) is 6.88. The molecule has 1 aromatic rings. The molecule has 2 nitrogen and oxygen atoms in total. The highest BCUT2D eigenvalue weighted by molar-refractivity contribution is 5.17. The summed E-state index contributed by atoms with van der Waals surface area (Å²) >= 11 is 0. The van der Waals surface area contributed by atoms with Gasteiger partial charge in [0.05, 0.1) is 5.60 Å². The lowest BCUT2D eigenvalue weighted by molar-refractivity contribution is 0.00786. The fraction of sp³-hybridized carbons (Fsp3) is 0.625. The van der Waals surface area contributed by atoms with E-state index in [1.54, 1.807) is 7.11 Å². The fourth-order valence-corrected chi connectivity index (χ4v) is 2.40. The van der Waals surface area contributed by atoms with Gasteiger partial charge in [0.1, 0.15) is 5.82 Å². The molecule has 0 fully saturated rings. The van der Waals surface area contributed by atoms with E-state index in [-0.39, 0.29) is 11.4 Å². The van der Waals surface area contributed by atoms with Crippen molar-refractivity contribution in [2.75, 3.05) is 7.11 Å². The molecule has 1 aromatic carbocycles. The van der Waals surface area contributed by atoms with E-state index in [1.807, 2.05) is 12.1 Å². The third-order valence-corrected chi connectivity index (χ3v) is 3.37. The van der Waals surface area contributed by atoms with Crippen molar-refractivity contribution in [3.05, 3.63) is 35.6 Å². The molecular weight excluding hydrogens is 241 g/mol. The van der Waals surface area contributed by atoms with Crippen molar-refractivity contribution in [2.24, 2.45) is 0 Å². The summed E-state index contributed by atoms with van der Waals surface area (Å²) in [6.45, 7) is 8.51. The van der Waals surface area contributed by atoms with Crippen molar-refractivity contribution < 1.29 is 9.13 Å². The third-order valence-electron chi connectivity index (χ3n) is 3.37. The van der Waals surface area contributed by atoms with E-state index in [0.717, 1.165) is 18.4 Å².